The van der Waals surface area contributed by atoms with Gasteiger partial charge < -0.3 is 9.64 Å². The molecule has 0 amide bonds. The summed E-state index contributed by atoms with van der Waals surface area (Å²) in [7, 11) is 0. The van der Waals surface area contributed by atoms with Gasteiger partial charge in [-0.25, -0.2) is 9.97 Å². The van der Waals surface area contributed by atoms with E-state index in [0.717, 1.165) is 56.8 Å². The summed E-state index contributed by atoms with van der Waals surface area (Å²) in [5.74, 6) is 2.68. The van der Waals surface area contributed by atoms with Crippen molar-refractivity contribution in [3.05, 3.63) is 60.4 Å². The van der Waals surface area contributed by atoms with Crippen molar-refractivity contribution < 1.29 is 4.74 Å². The average molecular weight is 473 g/mol. The first kappa shape index (κ1) is 24.1. The van der Waals surface area contributed by atoms with Crippen LogP contribution in [-0.4, -0.2) is 47.2 Å². The Labute approximate surface area is 210 Å². The van der Waals surface area contributed by atoms with Crippen LogP contribution >= 0.6 is 0 Å². The summed E-state index contributed by atoms with van der Waals surface area (Å²) in [6.45, 7) is 12.2. The predicted octanol–water partition coefficient (Wildman–Crippen LogP) is 6.33. The van der Waals surface area contributed by atoms with Gasteiger partial charge in [-0.3, -0.25) is 4.90 Å². The summed E-state index contributed by atoms with van der Waals surface area (Å²) < 4.78 is 6.41. The zero-order valence-electron chi connectivity index (χ0n) is 21.6. The van der Waals surface area contributed by atoms with Crippen LogP contribution in [0.5, 0.6) is 5.75 Å². The van der Waals surface area contributed by atoms with Crippen LogP contribution in [-0.2, 0) is 6.54 Å². The highest BCUT2D eigenvalue weighted by atomic mass is 16.5. The molecule has 0 radical (unpaired) electrons. The Morgan fingerprint density at radius 2 is 1.60 bits per heavy atom. The zero-order valence-corrected chi connectivity index (χ0v) is 21.6. The minimum absolute atomic E-state index is 0.356. The molecular weight excluding hydrogens is 432 g/mol. The van der Waals surface area contributed by atoms with Gasteiger partial charge in [-0.15, -0.1) is 0 Å². The van der Waals surface area contributed by atoms with E-state index in [4.69, 9.17) is 4.74 Å². The maximum atomic E-state index is 6.41. The van der Waals surface area contributed by atoms with Crippen LogP contribution in [0.3, 0.4) is 0 Å². The molecule has 5 rings (SSSR count). The van der Waals surface area contributed by atoms with Gasteiger partial charge in [0, 0.05) is 45.1 Å². The van der Waals surface area contributed by atoms with Crippen LogP contribution in [0.1, 0.15) is 58.4 Å². The van der Waals surface area contributed by atoms with E-state index in [2.05, 4.69) is 76.9 Å². The van der Waals surface area contributed by atoms with Crippen molar-refractivity contribution >= 4 is 16.7 Å². The zero-order chi connectivity index (χ0) is 24.3. The van der Waals surface area contributed by atoms with Gasteiger partial charge in [0.1, 0.15) is 5.75 Å². The number of anilines is 1. The van der Waals surface area contributed by atoms with E-state index < -0.39 is 0 Å². The van der Waals surface area contributed by atoms with Gasteiger partial charge in [0.25, 0.3) is 0 Å². The van der Waals surface area contributed by atoms with Crippen LogP contribution in [0.4, 0.5) is 5.95 Å². The molecule has 35 heavy (non-hydrogen) atoms. The van der Waals surface area contributed by atoms with Crippen molar-refractivity contribution in [3.8, 4) is 5.75 Å². The molecule has 1 saturated carbocycles. The fraction of sp³-hybridized carbons (Fsp3) is 0.533. The normalized spacial score (nSPS) is 22.2. The molecule has 1 aliphatic carbocycles. The topological polar surface area (TPSA) is 41.5 Å². The van der Waals surface area contributed by atoms with E-state index in [1.54, 1.807) is 0 Å². The molecule has 0 bridgehead atoms. The maximum absolute atomic E-state index is 6.41. The Hall–Kier alpha value is -2.66. The van der Waals surface area contributed by atoms with Gasteiger partial charge in [0.15, 0.2) is 0 Å². The van der Waals surface area contributed by atoms with E-state index in [1.165, 1.54) is 42.0 Å². The Balaban J connectivity index is 1.17. The van der Waals surface area contributed by atoms with Crippen LogP contribution in [0, 0.1) is 11.3 Å². The Kier molecular flexibility index (Phi) is 7.24. The summed E-state index contributed by atoms with van der Waals surface area (Å²) in [5.41, 5.74) is 1.78. The summed E-state index contributed by atoms with van der Waals surface area (Å²) >= 11 is 0. The maximum Gasteiger partial charge on any atom is 0.225 e. The molecule has 0 spiro atoms. The van der Waals surface area contributed by atoms with Gasteiger partial charge in [0.2, 0.25) is 5.95 Å². The highest BCUT2D eigenvalue weighted by molar-refractivity contribution is 5.84. The second-order valence-electron chi connectivity index (χ2n) is 11.5. The molecule has 1 aromatic heterocycles. The first-order valence-electron chi connectivity index (χ1n) is 13.4. The quantitative estimate of drug-likeness (QED) is 0.434. The standard InChI is InChI=1S/C30H40N4O/c1-30(2,3)26-9-12-27(13-10-26)35-28-11-8-24-20-23(6-7-25(24)21-28)22-33-16-5-17-34(19-18-33)29-31-14-4-15-32-29/h4,6-8,11,14-15,20-21,26-27H,5,9-10,12-13,16-19,22H2,1-3H3. The monoisotopic (exact) mass is 472 g/mol. The highest BCUT2D eigenvalue weighted by Gasteiger charge is 2.30. The van der Waals surface area contributed by atoms with Gasteiger partial charge in [-0.05, 0) is 84.0 Å². The van der Waals surface area contributed by atoms with Crippen molar-refractivity contribution in [2.45, 2.75) is 65.5 Å². The fourth-order valence-electron chi connectivity index (χ4n) is 5.73. The highest BCUT2D eigenvalue weighted by Crippen LogP contribution is 2.39. The summed E-state index contributed by atoms with van der Waals surface area (Å²) in [6, 6.07) is 15.4. The van der Waals surface area contributed by atoms with Gasteiger partial charge >= 0.3 is 0 Å². The predicted molar refractivity (Wildman–Crippen MR) is 144 cm³/mol. The molecule has 1 aliphatic heterocycles. The Morgan fingerprint density at radius 1 is 0.857 bits per heavy atom. The second kappa shape index (κ2) is 10.5. The summed E-state index contributed by atoms with van der Waals surface area (Å²) in [5, 5.41) is 2.55. The van der Waals surface area contributed by atoms with Crippen LogP contribution in [0.2, 0.25) is 0 Å². The molecule has 0 atom stereocenters. The largest absolute Gasteiger partial charge is 0.490 e. The molecule has 186 valence electrons. The van der Waals surface area contributed by atoms with Crippen molar-refractivity contribution in [2.75, 3.05) is 31.1 Å². The number of benzene rings is 2. The molecule has 2 heterocycles. The minimum Gasteiger partial charge on any atom is -0.490 e. The van der Waals surface area contributed by atoms with E-state index in [1.807, 2.05) is 18.5 Å². The molecule has 1 saturated heterocycles. The molecule has 5 nitrogen and oxygen atoms in total. The minimum atomic E-state index is 0.356. The first-order chi connectivity index (χ1) is 16.9. The lowest BCUT2D eigenvalue weighted by atomic mass is 9.72. The fourth-order valence-corrected chi connectivity index (χ4v) is 5.73. The van der Waals surface area contributed by atoms with E-state index in [0.29, 0.717) is 11.5 Å². The smallest absolute Gasteiger partial charge is 0.225 e. The van der Waals surface area contributed by atoms with Crippen molar-refractivity contribution in [3.63, 3.8) is 0 Å². The summed E-state index contributed by atoms with van der Waals surface area (Å²) in [4.78, 5) is 13.7. The molecule has 5 heteroatoms. The molecule has 2 fully saturated rings. The van der Waals surface area contributed by atoms with Crippen LogP contribution in [0.25, 0.3) is 10.8 Å². The van der Waals surface area contributed by atoms with E-state index in [-0.39, 0.29) is 0 Å². The Bertz CT molecular complexity index is 1100. The van der Waals surface area contributed by atoms with E-state index >= 15 is 0 Å². The van der Waals surface area contributed by atoms with Crippen molar-refractivity contribution in [2.24, 2.45) is 11.3 Å². The number of hydrogen-bond acceptors (Lipinski definition) is 5. The molecule has 2 aliphatic rings. The molecule has 0 unspecified atom stereocenters. The first-order valence-corrected chi connectivity index (χ1v) is 13.4. The molecule has 3 aromatic rings. The van der Waals surface area contributed by atoms with Gasteiger partial charge in [-0.2, -0.15) is 0 Å². The molecular formula is C30H40N4O. The van der Waals surface area contributed by atoms with Crippen molar-refractivity contribution in [1.82, 2.24) is 14.9 Å². The second-order valence-corrected chi connectivity index (χ2v) is 11.5. The summed E-state index contributed by atoms with van der Waals surface area (Å²) in [6.07, 6.45) is 10.0. The number of hydrogen-bond donors (Lipinski definition) is 0. The third kappa shape index (κ3) is 6.13. The van der Waals surface area contributed by atoms with Crippen LogP contribution in [0.15, 0.2) is 54.9 Å². The third-order valence-corrected chi connectivity index (χ3v) is 7.91. The average Bonchev–Trinajstić information content (AvgIpc) is 3.10. The van der Waals surface area contributed by atoms with Gasteiger partial charge in [-0.1, -0.05) is 39.0 Å². The number of aromatic nitrogens is 2. The molecule has 0 N–H and O–H groups in total. The lowest BCUT2D eigenvalue weighted by Gasteiger charge is -2.37. The Morgan fingerprint density at radius 3 is 2.37 bits per heavy atom. The third-order valence-electron chi connectivity index (χ3n) is 7.91. The van der Waals surface area contributed by atoms with Crippen molar-refractivity contribution in [1.29, 1.82) is 0 Å². The SMILES string of the molecule is CC(C)(C)C1CCC(Oc2ccc3cc(CN4CCCN(c5ncccn5)CC4)ccc3c2)CC1. The lowest BCUT2D eigenvalue weighted by molar-refractivity contribution is 0.0883. The van der Waals surface area contributed by atoms with Gasteiger partial charge in [0.05, 0.1) is 6.10 Å². The lowest BCUT2D eigenvalue weighted by Crippen LogP contribution is -2.31. The number of rotatable bonds is 5. The number of nitrogens with zero attached hydrogens (tertiary/aromatic N) is 4. The van der Waals surface area contributed by atoms with Crippen LogP contribution < -0.4 is 9.64 Å². The number of ether oxygens (including phenoxy) is 1. The van der Waals surface area contributed by atoms with E-state index in [9.17, 15) is 0 Å². The number of fused-ring (bicyclic) bond motifs is 1. The molecule has 2 aromatic carbocycles.